The Kier molecular flexibility index (Phi) is 8.91. The Morgan fingerprint density at radius 2 is 1.73 bits per heavy atom. The van der Waals surface area contributed by atoms with Gasteiger partial charge in [-0.25, -0.2) is 4.98 Å². The van der Waals surface area contributed by atoms with Crippen molar-refractivity contribution in [2.75, 3.05) is 46.3 Å². The van der Waals surface area contributed by atoms with E-state index >= 15 is 0 Å². The topological polar surface area (TPSA) is 54.9 Å². The van der Waals surface area contributed by atoms with Crippen LogP contribution < -0.4 is 14.4 Å². The van der Waals surface area contributed by atoms with Crippen molar-refractivity contribution in [3.63, 3.8) is 0 Å². The van der Waals surface area contributed by atoms with E-state index in [2.05, 4.69) is 20.8 Å². The van der Waals surface area contributed by atoms with Crippen LogP contribution in [0, 0.1) is 0 Å². The first-order valence-electron chi connectivity index (χ1n) is 9.17. The van der Waals surface area contributed by atoms with Gasteiger partial charge >= 0.3 is 0 Å². The van der Waals surface area contributed by atoms with Gasteiger partial charge in [0.2, 0.25) is 0 Å². The van der Waals surface area contributed by atoms with Crippen LogP contribution >= 0.6 is 39.7 Å². The Morgan fingerprint density at radius 1 is 1.07 bits per heavy atom. The van der Waals surface area contributed by atoms with Crippen LogP contribution in [0.2, 0.25) is 0 Å². The third-order valence-electron chi connectivity index (χ3n) is 4.40. The minimum absolute atomic E-state index is 0. The van der Waals surface area contributed by atoms with Crippen molar-refractivity contribution in [3.8, 4) is 11.5 Å². The molecule has 0 atom stereocenters. The molecular weight excluding hydrogens is 490 g/mol. The van der Waals surface area contributed by atoms with E-state index in [1.165, 1.54) is 11.3 Å². The van der Waals surface area contributed by atoms with E-state index < -0.39 is 0 Å². The van der Waals surface area contributed by atoms with Gasteiger partial charge < -0.3 is 14.4 Å². The Morgan fingerprint density at radius 3 is 2.33 bits per heavy atom. The van der Waals surface area contributed by atoms with Crippen molar-refractivity contribution < 1.29 is 14.3 Å². The SMILES string of the molecule is COc1cc(OC)cc(C(=O)N(CCCN(C)C)c2nc3ccc(Br)cc3s2)c1.Cl. The standard InChI is InChI=1S/C21H24BrN3O3S.ClH/c1-24(2)8-5-9-25(21-23-18-7-6-15(22)12-19(18)29-21)20(26)14-10-16(27-3)13-17(11-14)28-4;/h6-7,10-13H,5,8-9H2,1-4H3;1H. The number of carbonyl (C=O) groups excluding carboxylic acids is 1. The first-order chi connectivity index (χ1) is 13.9. The molecule has 0 aliphatic carbocycles. The normalized spacial score (nSPS) is 10.7. The molecule has 0 radical (unpaired) electrons. The van der Waals surface area contributed by atoms with Crippen molar-refractivity contribution in [1.29, 1.82) is 0 Å². The summed E-state index contributed by atoms with van der Waals surface area (Å²) in [4.78, 5) is 22.0. The summed E-state index contributed by atoms with van der Waals surface area (Å²) in [5, 5.41) is 0.684. The third kappa shape index (κ3) is 5.85. The van der Waals surface area contributed by atoms with Crippen LogP contribution in [0.25, 0.3) is 10.2 Å². The number of thiazole rings is 1. The Bertz CT molecular complexity index is 990. The minimum atomic E-state index is -0.126. The second-order valence-electron chi connectivity index (χ2n) is 6.82. The Balaban J connectivity index is 0.00000320. The quantitative estimate of drug-likeness (QED) is 0.419. The molecule has 0 saturated carbocycles. The molecule has 6 nitrogen and oxygen atoms in total. The molecular formula is C21H25BrClN3O3S. The van der Waals surface area contributed by atoms with E-state index in [1.807, 2.05) is 32.3 Å². The van der Waals surface area contributed by atoms with Crippen LogP contribution in [0.5, 0.6) is 11.5 Å². The van der Waals surface area contributed by atoms with Crippen molar-refractivity contribution >= 4 is 60.9 Å². The number of aromatic nitrogens is 1. The van der Waals surface area contributed by atoms with Crippen LogP contribution in [0.4, 0.5) is 5.13 Å². The fourth-order valence-corrected chi connectivity index (χ4v) is 4.46. The zero-order chi connectivity index (χ0) is 21.0. The summed E-state index contributed by atoms with van der Waals surface area (Å²) < 4.78 is 12.7. The first-order valence-corrected chi connectivity index (χ1v) is 10.8. The fraction of sp³-hybridized carbons (Fsp3) is 0.333. The maximum absolute atomic E-state index is 13.5. The van der Waals surface area contributed by atoms with Gasteiger partial charge in [-0.2, -0.15) is 0 Å². The molecule has 0 N–H and O–H groups in total. The molecule has 9 heteroatoms. The van der Waals surface area contributed by atoms with E-state index in [-0.39, 0.29) is 18.3 Å². The van der Waals surface area contributed by atoms with Gasteiger partial charge in [-0.3, -0.25) is 9.69 Å². The lowest BCUT2D eigenvalue weighted by Crippen LogP contribution is -2.33. The van der Waals surface area contributed by atoms with Gasteiger partial charge in [0, 0.05) is 22.6 Å². The number of benzene rings is 2. The van der Waals surface area contributed by atoms with Gasteiger partial charge in [-0.15, -0.1) is 12.4 Å². The molecule has 3 aromatic rings. The van der Waals surface area contributed by atoms with Crippen LogP contribution in [0.15, 0.2) is 40.9 Å². The molecule has 0 unspecified atom stereocenters. The van der Waals surface area contributed by atoms with Gasteiger partial charge in [0.05, 0.1) is 24.4 Å². The van der Waals surface area contributed by atoms with Gasteiger partial charge in [-0.1, -0.05) is 27.3 Å². The minimum Gasteiger partial charge on any atom is -0.497 e. The van der Waals surface area contributed by atoms with E-state index in [9.17, 15) is 4.79 Å². The molecule has 0 fully saturated rings. The fourth-order valence-electron chi connectivity index (χ4n) is 2.92. The highest BCUT2D eigenvalue weighted by Gasteiger charge is 2.22. The molecule has 0 spiro atoms. The molecule has 162 valence electrons. The number of nitrogens with zero attached hydrogens (tertiary/aromatic N) is 3. The smallest absolute Gasteiger partial charge is 0.260 e. The predicted molar refractivity (Wildman–Crippen MR) is 129 cm³/mol. The second-order valence-corrected chi connectivity index (χ2v) is 8.75. The molecule has 3 rings (SSSR count). The molecule has 0 aliphatic heterocycles. The highest BCUT2D eigenvalue weighted by molar-refractivity contribution is 9.10. The van der Waals surface area contributed by atoms with Crippen LogP contribution in [-0.2, 0) is 0 Å². The van der Waals surface area contributed by atoms with Gasteiger partial charge in [0.25, 0.3) is 5.91 Å². The summed E-state index contributed by atoms with van der Waals surface area (Å²) >= 11 is 5.01. The molecule has 30 heavy (non-hydrogen) atoms. The number of hydrogen-bond donors (Lipinski definition) is 0. The number of ether oxygens (including phenoxy) is 2. The third-order valence-corrected chi connectivity index (χ3v) is 5.94. The average molecular weight is 515 g/mol. The summed E-state index contributed by atoms with van der Waals surface area (Å²) in [5.41, 5.74) is 1.38. The van der Waals surface area contributed by atoms with Crippen molar-refractivity contribution in [3.05, 3.63) is 46.4 Å². The molecule has 1 aromatic heterocycles. The van der Waals surface area contributed by atoms with E-state index in [1.54, 1.807) is 37.3 Å². The molecule has 1 amide bonds. The zero-order valence-corrected chi connectivity index (χ0v) is 20.6. The second kappa shape index (κ2) is 10.9. The number of halogens is 2. The maximum atomic E-state index is 13.5. The van der Waals surface area contributed by atoms with E-state index in [0.717, 1.165) is 27.7 Å². The van der Waals surface area contributed by atoms with Gasteiger partial charge in [0.15, 0.2) is 5.13 Å². The summed E-state index contributed by atoms with van der Waals surface area (Å²) in [6, 6.07) is 11.1. The molecule has 0 aliphatic rings. The Labute approximate surface area is 195 Å². The van der Waals surface area contributed by atoms with Crippen LogP contribution in [0.1, 0.15) is 16.8 Å². The number of anilines is 1. The van der Waals surface area contributed by atoms with Crippen LogP contribution in [-0.4, -0.2) is 57.2 Å². The lowest BCUT2D eigenvalue weighted by Gasteiger charge is -2.21. The first kappa shape index (κ1) is 24.4. The number of carbonyl (C=O) groups is 1. The molecule has 1 heterocycles. The lowest BCUT2D eigenvalue weighted by molar-refractivity contribution is 0.0985. The summed E-state index contributed by atoms with van der Waals surface area (Å²) in [6.45, 7) is 1.44. The average Bonchev–Trinajstić information content (AvgIpc) is 3.12. The highest BCUT2D eigenvalue weighted by atomic mass is 79.9. The van der Waals surface area contributed by atoms with Gasteiger partial charge in [0.1, 0.15) is 11.5 Å². The van der Waals surface area contributed by atoms with Crippen LogP contribution in [0.3, 0.4) is 0 Å². The van der Waals surface area contributed by atoms with Crippen molar-refractivity contribution in [2.45, 2.75) is 6.42 Å². The monoisotopic (exact) mass is 513 g/mol. The summed E-state index contributed by atoms with van der Waals surface area (Å²) in [5.74, 6) is 1.03. The number of hydrogen-bond acceptors (Lipinski definition) is 6. The molecule has 2 aromatic carbocycles. The van der Waals surface area contributed by atoms with E-state index in [4.69, 9.17) is 14.5 Å². The Hall–Kier alpha value is -1.87. The highest BCUT2D eigenvalue weighted by Crippen LogP contribution is 2.32. The number of methoxy groups -OCH3 is 2. The van der Waals surface area contributed by atoms with Crippen molar-refractivity contribution in [1.82, 2.24) is 9.88 Å². The largest absolute Gasteiger partial charge is 0.497 e. The summed E-state index contributed by atoms with van der Waals surface area (Å²) in [6.07, 6.45) is 0.833. The zero-order valence-electron chi connectivity index (χ0n) is 17.3. The number of rotatable bonds is 8. The number of fused-ring (bicyclic) bond motifs is 1. The van der Waals surface area contributed by atoms with Crippen molar-refractivity contribution in [2.24, 2.45) is 0 Å². The maximum Gasteiger partial charge on any atom is 0.260 e. The molecule has 0 bridgehead atoms. The predicted octanol–water partition coefficient (Wildman–Crippen LogP) is 5.10. The van der Waals surface area contributed by atoms with Gasteiger partial charge in [-0.05, 0) is 57.4 Å². The lowest BCUT2D eigenvalue weighted by atomic mass is 10.1. The summed E-state index contributed by atoms with van der Waals surface area (Å²) in [7, 11) is 7.19. The molecule has 0 saturated heterocycles. The van der Waals surface area contributed by atoms with E-state index in [0.29, 0.717) is 28.7 Å². The number of amides is 1.